The lowest BCUT2D eigenvalue weighted by atomic mass is 10.0. The van der Waals surface area contributed by atoms with Crippen molar-refractivity contribution in [2.45, 2.75) is 44.1 Å². The van der Waals surface area contributed by atoms with Crippen LogP contribution >= 0.6 is 40.0 Å². The van der Waals surface area contributed by atoms with E-state index in [0.717, 1.165) is 11.8 Å². The van der Waals surface area contributed by atoms with E-state index in [2.05, 4.69) is 20.9 Å². The largest absolute Gasteiger partial charge is 0.468 e. The molecule has 0 bridgehead atoms. The Morgan fingerprint density at radius 1 is 1.33 bits per heavy atom. The first kappa shape index (κ1) is 26.6. The third-order valence-corrected chi connectivity index (χ3v) is 5.77. The molecule has 1 aliphatic rings. The summed E-state index contributed by atoms with van der Waals surface area (Å²) in [6.45, 7) is 4.91. The van der Waals surface area contributed by atoms with E-state index in [0.29, 0.717) is 16.0 Å². The fourth-order valence-corrected chi connectivity index (χ4v) is 4.25. The first-order valence-electron chi connectivity index (χ1n) is 8.52. The molecule has 2 atom stereocenters. The van der Waals surface area contributed by atoms with Crippen LogP contribution in [-0.2, 0) is 14.3 Å². The number of rotatable bonds is 3. The van der Waals surface area contributed by atoms with E-state index in [1.165, 1.54) is 25.3 Å². The average molecular weight is 531 g/mol. The van der Waals surface area contributed by atoms with Gasteiger partial charge >= 0.3 is 12.1 Å². The lowest BCUT2D eigenvalue weighted by Gasteiger charge is -2.30. The van der Waals surface area contributed by atoms with Crippen LogP contribution in [0, 0.1) is 5.82 Å². The predicted octanol–water partition coefficient (Wildman–Crippen LogP) is 6.02. The van der Waals surface area contributed by atoms with Gasteiger partial charge in [-0.2, -0.15) is 4.31 Å². The number of hydrogen-bond donors (Lipinski definition) is 0. The van der Waals surface area contributed by atoms with E-state index in [-0.39, 0.29) is 17.2 Å². The zero-order valence-corrected chi connectivity index (χ0v) is 20.2. The number of carbonyl (C=O) groups excluding carboxylic acids is 2. The molecule has 12 heteroatoms. The smallest absolute Gasteiger partial charge is 0.428 e. The molecule has 0 radical (unpaired) electrons. The minimum atomic E-state index is -0.981. The predicted molar refractivity (Wildman–Crippen MR) is 116 cm³/mol. The zero-order chi connectivity index (χ0) is 23.1. The summed E-state index contributed by atoms with van der Waals surface area (Å²) in [4.78, 5) is 28.8. The second kappa shape index (κ2) is 11.8. The van der Waals surface area contributed by atoms with Crippen LogP contribution in [0.5, 0.6) is 0 Å². The summed E-state index contributed by atoms with van der Waals surface area (Å²) in [5, 5.41) is -0.897. The summed E-state index contributed by atoms with van der Waals surface area (Å²) < 4.78 is 48.6. The van der Waals surface area contributed by atoms with Gasteiger partial charge in [-0.05, 0) is 45.4 Å². The number of benzene rings is 1. The number of nitrogens with zero attached hydrogens (tertiary/aromatic N) is 2. The standard InChI is InChI=1S/C17H19BrF2N2O4S2.CH3F/c1-17(2,3)26-16(24)22(28-20)15-21-12(8-13(27-15)14(23)25-4)10-7-9(18)5-6-11(10)19;1-2/h5-7,12-13H,8H2,1-4H3;1H3. The van der Waals surface area contributed by atoms with Crippen molar-refractivity contribution in [3.8, 4) is 0 Å². The Hall–Kier alpha value is -1.40. The lowest BCUT2D eigenvalue weighted by Crippen LogP contribution is -2.38. The van der Waals surface area contributed by atoms with Crippen LogP contribution in [0.3, 0.4) is 0 Å². The third-order valence-electron chi connectivity index (χ3n) is 3.53. The van der Waals surface area contributed by atoms with Crippen LogP contribution in [0.15, 0.2) is 27.7 Å². The number of halogens is 4. The van der Waals surface area contributed by atoms with Gasteiger partial charge in [0, 0.05) is 10.0 Å². The number of alkyl halides is 1. The topological polar surface area (TPSA) is 68.2 Å². The molecule has 0 aromatic heterocycles. The van der Waals surface area contributed by atoms with Crippen LogP contribution in [0.4, 0.5) is 17.5 Å². The van der Waals surface area contributed by atoms with Crippen molar-refractivity contribution in [3.05, 3.63) is 34.1 Å². The highest BCUT2D eigenvalue weighted by Crippen LogP contribution is 2.39. The Morgan fingerprint density at radius 3 is 2.50 bits per heavy atom. The van der Waals surface area contributed by atoms with E-state index in [1.807, 2.05) is 0 Å². The first-order valence-corrected chi connectivity index (χ1v) is 10.9. The summed E-state index contributed by atoms with van der Waals surface area (Å²) in [5.41, 5.74) is -0.642. The Bertz CT molecular complexity index is 793. The number of hydrogen-bond acceptors (Lipinski definition) is 7. The molecule has 0 saturated carbocycles. The number of carbonyl (C=O) groups is 2. The van der Waals surface area contributed by atoms with Gasteiger partial charge < -0.3 is 9.47 Å². The fraction of sp³-hybridized carbons (Fsp3) is 0.500. The molecular formula is C18H22BrF3N2O4S2. The van der Waals surface area contributed by atoms with Crippen LogP contribution < -0.4 is 0 Å². The highest BCUT2D eigenvalue weighted by atomic mass is 79.9. The van der Waals surface area contributed by atoms with Gasteiger partial charge in [0.1, 0.15) is 16.7 Å². The van der Waals surface area contributed by atoms with Crippen molar-refractivity contribution in [1.82, 2.24) is 4.31 Å². The van der Waals surface area contributed by atoms with E-state index in [9.17, 15) is 22.3 Å². The van der Waals surface area contributed by atoms with Crippen molar-refractivity contribution >= 4 is 57.3 Å². The van der Waals surface area contributed by atoms with Gasteiger partial charge in [0.25, 0.3) is 0 Å². The number of ether oxygens (including phenoxy) is 2. The van der Waals surface area contributed by atoms with E-state index >= 15 is 0 Å². The van der Waals surface area contributed by atoms with Gasteiger partial charge in [0.2, 0.25) is 0 Å². The van der Waals surface area contributed by atoms with Crippen molar-refractivity contribution < 1.29 is 31.7 Å². The first-order chi connectivity index (χ1) is 14.1. The summed E-state index contributed by atoms with van der Waals surface area (Å²) in [6, 6.07) is 3.52. The van der Waals surface area contributed by atoms with Crippen LogP contribution in [0.25, 0.3) is 0 Å². The van der Waals surface area contributed by atoms with Gasteiger partial charge in [0.05, 0.1) is 20.3 Å². The second-order valence-corrected chi connectivity index (χ2v) is 9.39. The SMILES string of the molecule is CF.COC(=O)C1CC(c2cc(Br)ccc2F)N=C(N(SF)C(=O)OC(C)(C)C)S1. The van der Waals surface area contributed by atoms with Gasteiger partial charge in [-0.25, -0.2) is 9.18 Å². The molecule has 0 N–H and O–H groups in total. The van der Waals surface area contributed by atoms with Crippen molar-refractivity contribution in [2.75, 3.05) is 14.3 Å². The lowest BCUT2D eigenvalue weighted by molar-refractivity contribution is -0.140. The normalized spacial score (nSPS) is 18.5. The minimum Gasteiger partial charge on any atom is -0.468 e. The molecule has 168 valence electrons. The zero-order valence-electron chi connectivity index (χ0n) is 16.9. The molecule has 0 saturated heterocycles. The number of amidine groups is 1. The van der Waals surface area contributed by atoms with Gasteiger partial charge in [-0.15, -0.1) is 3.89 Å². The van der Waals surface area contributed by atoms with Crippen molar-refractivity contribution in [3.63, 3.8) is 0 Å². The summed E-state index contributed by atoms with van der Waals surface area (Å²) >= 11 is 3.74. The summed E-state index contributed by atoms with van der Waals surface area (Å²) in [6.07, 6.45) is -0.849. The molecule has 30 heavy (non-hydrogen) atoms. The maximum Gasteiger partial charge on any atom is 0.428 e. The quantitative estimate of drug-likeness (QED) is 0.351. The molecule has 1 heterocycles. The average Bonchev–Trinajstić information content (AvgIpc) is 2.69. The molecule has 1 amide bonds. The maximum atomic E-state index is 14.4. The van der Waals surface area contributed by atoms with Crippen molar-refractivity contribution in [2.24, 2.45) is 4.99 Å². The fourth-order valence-electron chi connectivity index (χ4n) is 2.38. The molecule has 2 unspecified atom stereocenters. The Morgan fingerprint density at radius 2 is 1.97 bits per heavy atom. The molecule has 6 nitrogen and oxygen atoms in total. The highest BCUT2D eigenvalue weighted by Gasteiger charge is 2.38. The van der Waals surface area contributed by atoms with Gasteiger partial charge in [-0.1, -0.05) is 27.7 Å². The Kier molecular flexibility index (Phi) is 10.5. The molecule has 0 spiro atoms. The monoisotopic (exact) mass is 530 g/mol. The molecule has 1 aromatic rings. The van der Waals surface area contributed by atoms with Crippen LogP contribution in [0.2, 0.25) is 0 Å². The molecule has 0 fully saturated rings. The summed E-state index contributed by atoms with van der Waals surface area (Å²) in [7, 11) is 1.72. The maximum absolute atomic E-state index is 14.4. The molecule has 1 aliphatic heterocycles. The molecule has 1 aromatic carbocycles. The van der Waals surface area contributed by atoms with Crippen molar-refractivity contribution in [1.29, 1.82) is 0 Å². The Labute approximate surface area is 190 Å². The number of methoxy groups -OCH3 is 1. The van der Waals surface area contributed by atoms with E-state index in [1.54, 1.807) is 20.8 Å². The molecule has 2 rings (SSSR count). The van der Waals surface area contributed by atoms with Crippen LogP contribution in [0.1, 0.15) is 38.8 Å². The van der Waals surface area contributed by atoms with E-state index < -0.39 is 47.1 Å². The number of esters is 1. The third kappa shape index (κ3) is 7.38. The number of thioether (sulfide) groups is 1. The molecule has 0 aliphatic carbocycles. The highest BCUT2D eigenvalue weighted by molar-refractivity contribution is 9.10. The van der Waals surface area contributed by atoms with Crippen LogP contribution in [-0.4, -0.2) is 46.7 Å². The Balaban J connectivity index is 0.00000218. The second-order valence-electron chi connectivity index (χ2n) is 6.80. The number of amides is 1. The minimum absolute atomic E-state index is 0.104. The van der Waals surface area contributed by atoms with Gasteiger partial charge in [-0.3, -0.25) is 14.2 Å². The summed E-state index contributed by atoms with van der Waals surface area (Å²) in [5.74, 6) is -1.10. The number of aliphatic imine (C=N–C) groups is 1. The van der Waals surface area contributed by atoms with Gasteiger partial charge in [0.15, 0.2) is 17.5 Å². The van der Waals surface area contributed by atoms with E-state index in [4.69, 9.17) is 9.47 Å². The molecular weight excluding hydrogens is 509 g/mol.